The molecule has 14 heteroatoms. The van der Waals surface area contributed by atoms with Crippen molar-refractivity contribution >= 4 is 41.5 Å². The van der Waals surface area contributed by atoms with E-state index < -0.39 is 0 Å². The smallest absolute Gasteiger partial charge is 0.255 e. The van der Waals surface area contributed by atoms with Gasteiger partial charge in [0, 0.05) is 36.0 Å². The molecule has 0 saturated heterocycles. The standard InChI is InChI=1S/C26H31N3O4.C24H29N3O3.ClH/c1-16-8-6-10-24(17(16)2)28-26(31)22-11-12-25(21(14-22)9-7-13-27-20(5)30)32-15-23-18(3)29-33-19(23)4;1-15-7-5-9-22(16(15)2)26-24(28)20-10-11-23(19(13-20)8-6-12-25)29-14-21-17(3)27-30-18(21)4;/h6,8,10-12,14H,7,9,13,15H2,1-5H3,(H,27,30)(H,28,31);5,7,9-11,13H,6,8,12,14,25H2,1-4H3,(H,26,28);1H. The summed E-state index contributed by atoms with van der Waals surface area (Å²) in [6, 6.07) is 22.7. The van der Waals surface area contributed by atoms with E-state index in [1.54, 1.807) is 12.1 Å². The second-order valence-corrected chi connectivity index (χ2v) is 15.7. The molecule has 0 unspecified atom stereocenters. The SMILES string of the molecule is CC(=O)NCCCc1cc(C(=O)Nc2cccc(C)c2C)ccc1OCc1c(C)noc1C.Cc1cccc(NC(=O)c2ccc(OCc3c(C)noc3C)c(CCCN)c2)c1C.Cl. The van der Waals surface area contributed by atoms with Crippen LogP contribution in [0.5, 0.6) is 11.5 Å². The molecule has 13 nitrogen and oxygen atoms in total. The molecule has 2 aromatic heterocycles. The Morgan fingerprint density at radius 1 is 0.625 bits per heavy atom. The van der Waals surface area contributed by atoms with E-state index in [0.29, 0.717) is 49.6 Å². The third-order valence-electron chi connectivity index (χ3n) is 11.1. The number of ether oxygens (including phenoxy) is 2. The molecule has 6 rings (SSSR count). The number of carbonyl (C=O) groups excluding carboxylic acids is 3. The van der Waals surface area contributed by atoms with Crippen molar-refractivity contribution in [2.45, 2.75) is 101 Å². The Morgan fingerprint density at radius 3 is 1.45 bits per heavy atom. The first-order valence-electron chi connectivity index (χ1n) is 21.2. The zero-order valence-corrected chi connectivity index (χ0v) is 39.1. The van der Waals surface area contributed by atoms with Gasteiger partial charge in [0.15, 0.2) is 0 Å². The topological polar surface area (TPSA) is 184 Å². The molecular formula is C50H61ClN6O7. The molecule has 0 radical (unpaired) electrons. The van der Waals surface area contributed by atoms with Crippen LogP contribution in [0.3, 0.4) is 0 Å². The number of hydrogen-bond donors (Lipinski definition) is 4. The monoisotopic (exact) mass is 892 g/mol. The van der Waals surface area contributed by atoms with Crippen LogP contribution in [-0.2, 0) is 30.8 Å². The summed E-state index contributed by atoms with van der Waals surface area (Å²) < 4.78 is 22.6. The molecule has 2 heterocycles. The largest absolute Gasteiger partial charge is 0.488 e. The van der Waals surface area contributed by atoms with Crippen molar-refractivity contribution in [1.29, 1.82) is 0 Å². The van der Waals surface area contributed by atoms with Crippen LogP contribution in [0.25, 0.3) is 0 Å². The van der Waals surface area contributed by atoms with Crippen molar-refractivity contribution < 1.29 is 32.9 Å². The molecule has 0 atom stereocenters. The van der Waals surface area contributed by atoms with Crippen LogP contribution in [0.2, 0.25) is 0 Å². The van der Waals surface area contributed by atoms with Gasteiger partial charge >= 0.3 is 0 Å². The number of aryl methyl sites for hydroxylation is 8. The molecule has 0 aliphatic carbocycles. The summed E-state index contributed by atoms with van der Waals surface area (Å²) in [5, 5.41) is 16.8. The Hall–Kier alpha value is -6.44. The van der Waals surface area contributed by atoms with Gasteiger partial charge in [0.05, 0.1) is 22.5 Å². The van der Waals surface area contributed by atoms with Crippen LogP contribution in [-0.4, -0.2) is 41.1 Å². The van der Waals surface area contributed by atoms with E-state index >= 15 is 0 Å². The van der Waals surface area contributed by atoms with Crippen molar-refractivity contribution in [3.63, 3.8) is 0 Å². The number of nitrogens with zero attached hydrogens (tertiary/aromatic N) is 2. The summed E-state index contributed by atoms with van der Waals surface area (Å²) in [4.78, 5) is 37.0. The number of aromatic nitrogens is 2. The predicted molar refractivity (Wildman–Crippen MR) is 253 cm³/mol. The van der Waals surface area contributed by atoms with E-state index in [9.17, 15) is 14.4 Å². The van der Waals surface area contributed by atoms with Crippen molar-refractivity contribution in [2.75, 3.05) is 23.7 Å². The summed E-state index contributed by atoms with van der Waals surface area (Å²) in [5.74, 6) is 2.53. The summed E-state index contributed by atoms with van der Waals surface area (Å²) in [6.45, 7) is 18.9. The molecule has 0 fully saturated rings. The number of rotatable bonds is 17. The van der Waals surface area contributed by atoms with Crippen molar-refractivity contribution in [2.24, 2.45) is 5.73 Å². The lowest BCUT2D eigenvalue weighted by Crippen LogP contribution is -2.21. The zero-order valence-electron chi connectivity index (χ0n) is 38.3. The van der Waals surface area contributed by atoms with Gasteiger partial charge in [-0.2, -0.15) is 0 Å². The lowest BCUT2D eigenvalue weighted by atomic mass is 10.0. The molecule has 5 N–H and O–H groups in total. The minimum atomic E-state index is -0.177. The third-order valence-corrected chi connectivity index (χ3v) is 11.1. The Morgan fingerprint density at radius 2 is 1.06 bits per heavy atom. The summed E-state index contributed by atoms with van der Waals surface area (Å²) in [6.07, 6.45) is 2.92. The molecule has 4 aromatic carbocycles. The molecule has 3 amide bonds. The highest BCUT2D eigenvalue weighted by atomic mass is 35.5. The Bertz CT molecular complexity index is 2510. The maximum absolute atomic E-state index is 13.0. The third kappa shape index (κ3) is 13.5. The first-order valence-corrected chi connectivity index (χ1v) is 21.2. The molecule has 0 spiro atoms. The van der Waals surface area contributed by atoms with Crippen molar-refractivity contribution in [1.82, 2.24) is 15.6 Å². The molecule has 0 aliphatic heterocycles. The van der Waals surface area contributed by atoms with Gasteiger partial charge in [0.1, 0.15) is 36.2 Å². The number of halogens is 1. The molecule has 0 bridgehead atoms. The number of benzene rings is 4. The lowest BCUT2D eigenvalue weighted by Gasteiger charge is -2.15. The quantitative estimate of drug-likeness (QED) is 0.0643. The maximum Gasteiger partial charge on any atom is 0.255 e. The van der Waals surface area contributed by atoms with E-state index in [0.717, 1.165) is 104 Å². The van der Waals surface area contributed by atoms with Gasteiger partial charge in [-0.1, -0.05) is 34.6 Å². The van der Waals surface area contributed by atoms with E-state index in [4.69, 9.17) is 24.3 Å². The highest BCUT2D eigenvalue weighted by Crippen LogP contribution is 2.28. The Balaban J connectivity index is 0.000000277. The summed E-state index contributed by atoms with van der Waals surface area (Å²) in [7, 11) is 0. The number of anilines is 2. The average molecular weight is 894 g/mol. The van der Waals surface area contributed by atoms with Gasteiger partial charge < -0.3 is 40.2 Å². The molecule has 340 valence electrons. The van der Waals surface area contributed by atoms with Crippen LogP contribution >= 0.6 is 12.4 Å². The first-order chi connectivity index (χ1) is 30.2. The second-order valence-electron chi connectivity index (χ2n) is 15.7. The van der Waals surface area contributed by atoms with Crippen LogP contribution in [0.1, 0.15) is 108 Å². The van der Waals surface area contributed by atoms with Gasteiger partial charge in [-0.15, -0.1) is 12.4 Å². The van der Waals surface area contributed by atoms with E-state index in [1.165, 1.54) is 6.92 Å². The average Bonchev–Trinajstić information content (AvgIpc) is 3.76. The van der Waals surface area contributed by atoms with Gasteiger partial charge in [-0.05, 0) is 170 Å². The number of nitrogens with one attached hydrogen (secondary N) is 3. The van der Waals surface area contributed by atoms with Gasteiger partial charge in [0.2, 0.25) is 5.91 Å². The van der Waals surface area contributed by atoms with Gasteiger partial charge in [-0.25, -0.2) is 0 Å². The fraction of sp³-hybridized carbons (Fsp3) is 0.340. The van der Waals surface area contributed by atoms with Crippen LogP contribution in [0, 0.1) is 55.4 Å². The molecule has 64 heavy (non-hydrogen) atoms. The fourth-order valence-electron chi connectivity index (χ4n) is 6.83. The number of amides is 3. The van der Waals surface area contributed by atoms with E-state index in [1.807, 2.05) is 116 Å². The van der Waals surface area contributed by atoms with E-state index in [-0.39, 0.29) is 30.1 Å². The number of hydrogen-bond acceptors (Lipinski definition) is 10. The minimum Gasteiger partial charge on any atom is -0.488 e. The molecule has 0 saturated carbocycles. The molecule has 0 aliphatic rings. The highest BCUT2D eigenvalue weighted by Gasteiger charge is 2.17. The molecule has 6 aromatic rings. The van der Waals surface area contributed by atoms with Crippen LogP contribution in [0.15, 0.2) is 81.8 Å². The normalized spacial score (nSPS) is 10.6. The lowest BCUT2D eigenvalue weighted by molar-refractivity contribution is -0.118. The van der Waals surface area contributed by atoms with Crippen LogP contribution in [0.4, 0.5) is 11.4 Å². The Kier molecular flexibility index (Phi) is 18.7. The fourth-order valence-corrected chi connectivity index (χ4v) is 6.83. The Labute approximate surface area is 382 Å². The highest BCUT2D eigenvalue weighted by molar-refractivity contribution is 6.05. The number of nitrogens with two attached hydrogens (primary N) is 1. The van der Waals surface area contributed by atoms with Gasteiger partial charge in [0.25, 0.3) is 11.8 Å². The van der Waals surface area contributed by atoms with E-state index in [2.05, 4.69) is 26.3 Å². The first kappa shape index (κ1) is 50.2. The van der Waals surface area contributed by atoms with Crippen molar-refractivity contribution in [3.05, 3.63) is 151 Å². The second kappa shape index (κ2) is 23.9. The minimum absolute atomic E-state index is 0. The van der Waals surface area contributed by atoms with Gasteiger partial charge in [-0.3, -0.25) is 14.4 Å². The summed E-state index contributed by atoms with van der Waals surface area (Å²) >= 11 is 0. The number of carbonyl (C=O) groups is 3. The summed E-state index contributed by atoms with van der Waals surface area (Å²) in [5.41, 5.74) is 18.2. The predicted octanol–water partition coefficient (Wildman–Crippen LogP) is 9.86. The zero-order chi connectivity index (χ0) is 45.6. The van der Waals surface area contributed by atoms with Crippen molar-refractivity contribution in [3.8, 4) is 11.5 Å². The van der Waals surface area contributed by atoms with Crippen LogP contribution < -0.4 is 31.2 Å². The molecular weight excluding hydrogens is 832 g/mol. The maximum atomic E-state index is 13.0.